The van der Waals surface area contributed by atoms with Crippen molar-refractivity contribution in [1.82, 2.24) is 4.90 Å². The molecule has 1 amide bonds. The largest absolute Gasteiger partial charge is 0.448 e. The van der Waals surface area contributed by atoms with Gasteiger partial charge in [0, 0.05) is 30.8 Å². The van der Waals surface area contributed by atoms with Crippen molar-refractivity contribution in [2.75, 3.05) is 6.61 Å². The highest BCUT2D eigenvalue weighted by molar-refractivity contribution is 5.79. The van der Waals surface area contributed by atoms with Gasteiger partial charge in [0.2, 0.25) is 0 Å². The molecule has 0 aromatic heterocycles. The Morgan fingerprint density at radius 1 is 0.943 bits per heavy atom. The Balaban J connectivity index is 1.22. The van der Waals surface area contributed by atoms with Crippen molar-refractivity contribution in [3.05, 3.63) is 102 Å². The van der Waals surface area contributed by atoms with Crippen LogP contribution in [0.3, 0.4) is 0 Å². The second-order valence-electron chi connectivity index (χ2n) is 10.2. The van der Waals surface area contributed by atoms with E-state index in [0.717, 1.165) is 30.4 Å². The van der Waals surface area contributed by atoms with Gasteiger partial charge in [-0.3, -0.25) is 0 Å². The van der Waals surface area contributed by atoms with Crippen LogP contribution in [0.1, 0.15) is 60.3 Å². The Morgan fingerprint density at radius 2 is 1.51 bits per heavy atom. The third-order valence-electron chi connectivity index (χ3n) is 8.24. The van der Waals surface area contributed by atoms with Crippen molar-refractivity contribution in [2.45, 2.75) is 55.7 Å². The van der Waals surface area contributed by atoms with Gasteiger partial charge in [-0.25, -0.2) is 4.79 Å². The first-order valence-corrected chi connectivity index (χ1v) is 12.7. The molecule has 178 valence electrons. The van der Waals surface area contributed by atoms with Gasteiger partial charge in [-0.05, 0) is 52.6 Å². The van der Waals surface area contributed by atoms with E-state index in [4.69, 9.17) is 4.74 Å². The van der Waals surface area contributed by atoms with Gasteiger partial charge < -0.3 is 14.7 Å². The molecular weight excluding hydrogens is 434 g/mol. The van der Waals surface area contributed by atoms with Crippen molar-refractivity contribution in [3.8, 4) is 11.1 Å². The van der Waals surface area contributed by atoms with Gasteiger partial charge in [0.15, 0.2) is 0 Å². The quantitative estimate of drug-likeness (QED) is 0.480. The summed E-state index contributed by atoms with van der Waals surface area (Å²) in [5.74, 6) is 0.0485. The minimum atomic E-state index is -0.958. The molecule has 0 radical (unpaired) electrons. The first-order valence-electron chi connectivity index (χ1n) is 12.7. The third-order valence-corrected chi connectivity index (χ3v) is 8.24. The molecule has 1 N–H and O–H groups in total. The number of aliphatic hydroxyl groups is 1. The summed E-state index contributed by atoms with van der Waals surface area (Å²) in [6.45, 7) is 4.26. The molecule has 3 aliphatic rings. The number of carbonyl (C=O) groups excluding carboxylic acids is 1. The average Bonchev–Trinajstić information content (AvgIpc) is 3.20. The lowest BCUT2D eigenvalue weighted by atomic mass is 9.71. The van der Waals surface area contributed by atoms with Gasteiger partial charge in [-0.15, -0.1) is 0 Å². The number of fused-ring (bicyclic) bond motifs is 5. The lowest BCUT2D eigenvalue weighted by Gasteiger charge is -2.51. The molecule has 4 heteroatoms. The molecule has 2 fully saturated rings. The maximum absolute atomic E-state index is 13.5. The number of hydrogen-bond acceptors (Lipinski definition) is 3. The molecule has 2 atom stereocenters. The Kier molecular flexibility index (Phi) is 5.49. The molecule has 2 bridgehead atoms. The molecule has 2 saturated heterocycles. The van der Waals surface area contributed by atoms with Gasteiger partial charge in [0.05, 0.1) is 5.60 Å². The van der Waals surface area contributed by atoms with Crippen LogP contribution in [-0.2, 0) is 10.3 Å². The number of ether oxygens (including phenoxy) is 1. The number of hydrogen-bond donors (Lipinski definition) is 1. The van der Waals surface area contributed by atoms with Crippen LogP contribution in [0.2, 0.25) is 0 Å². The van der Waals surface area contributed by atoms with Gasteiger partial charge in [0.1, 0.15) is 6.61 Å². The summed E-state index contributed by atoms with van der Waals surface area (Å²) in [7, 11) is 0. The van der Waals surface area contributed by atoms with Crippen molar-refractivity contribution >= 4 is 12.2 Å². The maximum atomic E-state index is 13.5. The molecule has 3 aromatic rings. The smallest absolute Gasteiger partial charge is 0.410 e. The summed E-state index contributed by atoms with van der Waals surface area (Å²) >= 11 is 0. The zero-order valence-corrected chi connectivity index (χ0v) is 19.9. The third kappa shape index (κ3) is 3.68. The lowest BCUT2D eigenvalue weighted by molar-refractivity contribution is -0.0891. The van der Waals surface area contributed by atoms with Gasteiger partial charge in [0.25, 0.3) is 0 Å². The summed E-state index contributed by atoms with van der Waals surface area (Å²) in [6.07, 6.45) is 5.46. The first kappa shape index (κ1) is 22.1. The molecule has 0 saturated carbocycles. The zero-order chi connectivity index (χ0) is 24.0. The van der Waals surface area contributed by atoms with E-state index in [1.807, 2.05) is 29.2 Å². The fourth-order valence-electron chi connectivity index (χ4n) is 6.71. The monoisotopic (exact) mass is 465 g/mol. The first-order chi connectivity index (χ1) is 17.1. The van der Waals surface area contributed by atoms with Crippen LogP contribution < -0.4 is 0 Å². The Hall–Kier alpha value is -3.37. The number of piperidine rings is 2. The highest BCUT2D eigenvalue weighted by atomic mass is 16.6. The predicted molar refractivity (Wildman–Crippen MR) is 138 cm³/mol. The van der Waals surface area contributed by atoms with Crippen LogP contribution in [0.4, 0.5) is 4.79 Å². The Bertz CT molecular complexity index is 1220. The zero-order valence-electron chi connectivity index (χ0n) is 19.9. The molecule has 4 nitrogen and oxygen atoms in total. The average molecular weight is 466 g/mol. The van der Waals surface area contributed by atoms with Crippen molar-refractivity contribution < 1.29 is 14.6 Å². The molecule has 0 spiro atoms. The molecule has 2 unspecified atom stereocenters. The highest BCUT2D eigenvalue weighted by Crippen LogP contribution is 2.47. The van der Waals surface area contributed by atoms with E-state index < -0.39 is 5.60 Å². The minimum Gasteiger partial charge on any atom is -0.448 e. The summed E-state index contributed by atoms with van der Waals surface area (Å²) in [4.78, 5) is 15.4. The SMILES string of the molecule is C=Cc1ccccc1C1(O)CC2CCCC(C1)N2C(=O)OCC1c2ccccc2-c2ccccc21. The summed E-state index contributed by atoms with van der Waals surface area (Å²) in [5, 5.41) is 11.8. The van der Waals surface area contributed by atoms with Crippen LogP contribution in [0.5, 0.6) is 0 Å². The van der Waals surface area contributed by atoms with E-state index in [-0.39, 0.29) is 24.1 Å². The number of carbonyl (C=O) groups is 1. The second kappa shape index (κ2) is 8.69. The summed E-state index contributed by atoms with van der Waals surface area (Å²) < 4.78 is 6.02. The van der Waals surface area contributed by atoms with Crippen LogP contribution in [-0.4, -0.2) is 34.8 Å². The topological polar surface area (TPSA) is 49.8 Å². The molecule has 6 rings (SSSR count). The lowest BCUT2D eigenvalue weighted by Crippen LogP contribution is -2.59. The molecule has 35 heavy (non-hydrogen) atoms. The van der Waals surface area contributed by atoms with E-state index in [2.05, 4.69) is 55.1 Å². The normalized spacial score (nSPS) is 25.0. The molecule has 3 aromatic carbocycles. The second-order valence-corrected chi connectivity index (χ2v) is 10.2. The number of amides is 1. The van der Waals surface area contributed by atoms with Gasteiger partial charge >= 0.3 is 6.09 Å². The van der Waals surface area contributed by atoms with E-state index in [9.17, 15) is 9.90 Å². The minimum absolute atomic E-state index is 0.0268. The van der Waals surface area contributed by atoms with E-state index in [0.29, 0.717) is 19.4 Å². The fourth-order valence-corrected chi connectivity index (χ4v) is 6.71. The van der Waals surface area contributed by atoms with E-state index in [1.54, 1.807) is 6.08 Å². The van der Waals surface area contributed by atoms with Crippen LogP contribution in [0.15, 0.2) is 79.4 Å². The van der Waals surface area contributed by atoms with Crippen LogP contribution in [0.25, 0.3) is 17.2 Å². The Morgan fingerprint density at radius 3 is 2.14 bits per heavy atom. The van der Waals surface area contributed by atoms with E-state index in [1.165, 1.54) is 22.3 Å². The number of nitrogens with zero attached hydrogens (tertiary/aromatic N) is 1. The van der Waals surface area contributed by atoms with Crippen molar-refractivity contribution in [3.63, 3.8) is 0 Å². The standard InChI is InChI=1S/C31H31NO3/c1-2-21-10-3-8-17-29(21)31(34)18-22-11-9-12-23(19-31)32(22)30(33)35-20-28-26-15-6-4-13-24(26)25-14-5-7-16-27(25)28/h2-8,10,13-17,22-23,28,34H,1,9,11-12,18-20H2. The highest BCUT2D eigenvalue weighted by Gasteiger charge is 2.49. The summed E-state index contributed by atoms with van der Waals surface area (Å²) in [5.41, 5.74) is 5.81. The number of benzene rings is 3. The molecular formula is C31H31NO3. The predicted octanol–water partition coefficient (Wildman–Crippen LogP) is 6.48. The van der Waals surface area contributed by atoms with Crippen LogP contribution in [0, 0.1) is 0 Å². The number of rotatable bonds is 4. The van der Waals surface area contributed by atoms with Crippen molar-refractivity contribution in [1.29, 1.82) is 0 Å². The van der Waals surface area contributed by atoms with Gasteiger partial charge in [-0.2, -0.15) is 0 Å². The Labute approximate surface area is 206 Å². The summed E-state index contributed by atoms with van der Waals surface area (Å²) in [6, 6.07) is 24.7. The molecule has 2 heterocycles. The van der Waals surface area contributed by atoms with Crippen molar-refractivity contribution in [2.24, 2.45) is 0 Å². The van der Waals surface area contributed by atoms with Gasteiger partial charge in [-0.1, -0.05) is 85.5 Å². The molecule has 1 aliphatic carbocycles. The van der Waals surface area contributed by atoms with E-state index >= 15 is 0 Å². The molecule has 2 aliphatic heterocycles. The fraction of sp³-hybridized carbons (Fsp3) is 0.323. The van der Waals surface area contributed by atoms with Crippen LogP contribution >= 0.6 is 0 Å². The maximum Gasteiger partial charge on any atom is 0.410 e.